The smallest absolute Gasteiger partial charge is 0.0541 e. The second kappa shape index (κ2) is 12.5. The van der Waals surface area contributed by atoms with Crippen LogP contribution in [0.5, 0.6) is 0 Å². The quantitative estimate of drug-likeness (QED) is 0.172. The fraction of sp³-hybridized carbons (Fsp3) is 0. The van der Waals surface area contributed by atoms with E-state index in [0.29, 0.717) is 0 Å². The third-order valence-electron chi connectivity index (χ3n) is 10.4. The molecule has 0 N–H and O–H groups in total. The van der Waals surface area contributed by atoms with Gasteiger partial charge in [0.1, 0.15) is 0 Å². The first kappa shape index (κ1) is 30.0. The van der Waals surface area contributed by atoms with Gasteiger partial charge in [-0.1, -0.05) is 146 Å². The number of hydrogen-bond acceptors (Lipinski definition) is 1. The molecule has 0 amide bonds. The molecule has 0 aliphatic heterocycles. The lowest BCUT2D eigenvalue weighted by atomic mass is 9.98. The standard InChI is InChI=1S/C50H34N2/c1-2-16-40(17-3-1)51(42-31-26-38(27-32-42)44-21-10-14-36-12-4-6-18-43(36)44)41-29-24-35(25-30-41)39-28-33-50-47(34-39)46-20-8-9-22-49(46)52(50)48-23-11-15-37-13-5-7-19-45(37)48/h1-34H. The molecule has 0 fully saturated rings. The van der Waals surface area contributed by atoms with Gasteiger partial charge in [-0.25, -0.2) is 0 Å². The molecule has 1 aromatic heterocycles. The highest BCUT2D eigenvalue weighted by Crippen LogP contribution is 2.40. The predicted octanol–water partition coefficient (Wildman–Crippen LogP) is 13.9. The fourth-order valence-corrected chi connectivity index (χ4v) is 7.91. The molecule has 0 radical (unpaired) electrons. The lowest BCUT2D eigenvalue weighted by Crippen LogP contribution is -2.09. The molecular formula is C50H34N2. The molecule has 10 aromatic rings. The van der Waals surface area contributed by atoms with Gasteiger partial charge in [0.05, 0.1) is 16.7 Å². The molecule has 0 saturated carbocycles. The van der Waals surface area contributed by atoms with Crippen LogP contribution in [0, 0.1) is 0 Å². The van der Waals surface area contributed by atoms with Gasteiger partial charge < -0.3 is 9.47 Å². The van der Waals surface area contributed by atoms with E-state index in [-0.39, 0.29) is 0 Å². The largest absolute Gasteiger partial charge is 0.311 e. The van der Waals surface area contributed by atoms with Gasteiger partial charge in [-0.3, -0.25) is 0 Å². The monoisotopic (exact) mass is 662 g/mol. The van der Waals surface area contributed by atoms with Crippen molar-refractivity contribution < 1.29 is 0 Å². The van der Waals surface area contributed by atoms with E-state index >= 15 is 0 Å². The van der Waals surface area contributed by atoms with Crippen LogP contribution in [0.2, 0.25) is 0 Å². The van der Waals surface area contributed by atoms with Gasteiger partial charge in [0.2, 0.25) is 0 Å². The Morgan fingerprint density at radius 2 is 0.827 bits per heavy atom. The van der Waals surface area contributed by atoms with Crippen LogP contribution >= 0.6 is 0 Å². The summed E-state index contributed by atoms with van der Waals surface area (Å²) in [6.07, 6.45) is 0. The van der Waals surface area contributed by atoms with Gasteiger partial charge in [-0.2, -0.15) is 0 Å². The number of aromatic nitrogens is 1. The number of rotatable bonds is 6. The summed E-state index contributed by atoms with van der Waals surface area (Å²) in [7, 11) is 0. The highest BCUT2D eigenvalue weighted by molar-refractivity contribution is 6.11. The molecule has 52 heavy (non-hydrogen) atoms. The van der Waals surface area contributed by atoms with Crippen molar-refractivity contribution >= 4 is 60.4 Å². The first-order valence-corrected chi connectivity index (χ1v) is 17.9. The van der Waals surface area contributed by atoms with E-state index in [9.17, 15) is 0 Å². The maximum absolute atomic E-state index is 2.42. The zero-order chi connectivity index (χ0) is 34.4. The summed E-state index contributed by atoms with van der Waals surface area (Å²) >= 11 is 0. The minimum atomic E-state index is 1.11. The molecule has 0 spiro atoms. The van der Waals surface area contributed by atoms with Crippen molar-refractivity contribution in [1.82, 2.24) is 4.57 Å². The zero-order valence-corrected chi connectivity index (χ0v) is 28.5. The van der Waals surface area contributed by atoms with Gasteiger partial charge in [0.15, 0.2) is 0 Å². The normalized spacial score (nSPS) is 11.5. The molecule has 0 aliphatic rings. The van der Waals surface area contributed by atoms with Crippen LogP contribution in [-0.4, -0.2) is 4.57 Å². The van der Waals surface area contributed by atoms with E-state index in [2.05, 4.69) is 216 Å². The van der Waals surface area contributed by atoms with E-state index < -0.39 is 0 Å². The van der Waals surface area contributed by atoms with Crippen LogP contribution in [0.4, 0.5) is 17.1 Å². The molecule has 0 bridgehead atoms. The van der Waals surface area contributed by atoms with Crippen molar-refractivity contribution in [2.24, 2.45) is 0 Å². The Morgan fingerprint density at radius 1 is 0.308 bits per heavy atom. The van der Waals surface area contributed by atoms with Gasteiger partial charge in [0.25, 0.3) is 0 Å². The lowest BCUT2D eigenvalue weighted by molar-refractivity contribution is 1.20. The van der Waals surface area contributed by atoms with Gasteiger partial charge in [-0.15, -0.1) is 0 Å². The minimum Gasteiger partial charge on any atom is -0.311 e. The van der Waals surface area contributed by atoms with E-state index in [0.717, 1.165) is 17.1 Å². The van der Waals surface area contributed by atoms with Crippen LogP contribution < -0.4 is 4.90 Å². The summed E-state index contributed by atoms with van der Waals surface area (Å²) in [5, 5.41) is 7.52. The van der Waals surface area contributed by atoms with Crippen LogP contribution in [0.25, 0.3) is 71.3 Å². The fourth-order valence-electron chi connectivity index (χ4n) is 7.91. The maximum atomic E-state index is 2.42. The Labute approximate surface area is 303 Å². The summed E-state index contributed by atoms with van der Waals surface area (Å²) in [6.45, 7) is 0. The average molecular weight is 663 g/mol. The van der Waals surface area contributed by atoms with E-state index in [1.54, 1.807) is 0 Å². The first-order valence-electron chi connectivity index (χ1n) is 17.9. The van der Waals surface area contributed by atoms with Crippen molar-refractivity contribution in [3.05, 3.63) is 206 Å². The van der Waals surface area contributed by atoms with Crippen molar-refractivity contribution in [3.8, 4) is 27.9 Å². The SMILES string of the molecule is c1ccc(N(c2ccc(-c3ccc4c(c3)c3ccccc3n4-c3cccc4ccccc34)cc2)c2ccc(-c3cccc4ccccc34)cc2)cc1. The van der Waals surface area contributed by atoms with E-state index in [1.165, 1.54) is 71.3 Å². The molecule has 2 nitrogen and oxygen atoms in total. The van der Waals surface area contributed by atoms with E-state index in [4.69, 9.17) is 0 Å². The first-order chi connectivity index (χ1) is 25.8. The second-order valence-electron chi connectivity index (χ2n) is 13.4. The van der Waals surface area contributed by atoms with Crippen molar-refractivity contribution in [2.45, 2.75) is 0 Å². The van der Waals surface area contributed by atoms with Gasteiger partial charge >= 0.3 is 0 Å². The number of benzene rings is 9. The van der Waals surface area contributed by atoms with Crippen molar-refractivity contribution in [1.29, 1.82) is 0 Å². The summed E-state index contributed by atoms with van der Waals surface area (Å²) in [4.78, 5) is 2.33. The number of nitrogens with zero attached hydrogens (tertiary/aromatic N) is 2. The molecule has 10 rings (SSSR count). The van der Waals surface area contributed by atoms with Gasteiger partial charge in [0, 0.05) is 33.2 Å². The predicted molar refractivity (Wildman–Crippen MR) is 221 cm³/mol. The summed E-state index contributed by atoms with van der Waals surface area (Å²) in [6, 6.07) is 74.6. The molecule has 1 heterocycles. The Hall–Kier alpha value is -6.90. The van der Waals surface area contributed by atoms with Crippen LogP contribution in [0.3, 0.4) is 0 Å². The highest BCUT2D eigenvalue weighted by Gasteiger charge is 2.16. The third kappa shape index (κ3) is 5.04. The van der Waals surface area contributed by atoms with Gasteiger partial charge in [-0.05, 0) is 99.1 Å². The van der Waals surface area contributed by atoms with Crippen molar-refractivity contribution in [2.75, 3.05) is 4.90 Å². The third-order valence-corrected chi connectivity index (χ3v) is 10.4. The Morgan fingerprint density at radius 3 is 1.58 bits per heavy atom. The Balaban J connectivity index is 1.03. The van der Waals surface area contributed by atoms with Crippen molar-refractivity contribution in [3.63, 3.8) is 0 Å². The Kier molecular flexibility index (Phi) is 7.18. The number of hydrogen-bond donors (Lipinski definition) is 0. The minimum absolute atomic E-state index is 1.11. The van der Waals surface area contributed by atoms with E-state index in [1.807, 2.05) is 0 Å². The molecule has 9 aromatic carbocycles. The summed E-state index contributed by atoms with van der Waals surface area (Å²) in [5.41, 5.74) is 11.8. The maximum Gasteiger partial charge on any atom is 0.0541 e. The zero-order valence-electron chi connectivity index (χ0n) is 28.5. The number of anilines is 3. The molecule has 0 aliphatic carbocycles. The molecular weight excluding hydrogens is 629 g/mol. The molecule has 2 heteroatoms. The Bertz CT molecular complexity index is 2870. The molecule has 0 atom stereocenters. The van der Waals surface area contributed by atoms with Crippen LogP contribution in [0.15, 0.2) is 206 Å². The van der Waals surface area contributed by atoms with Crippen LogP contribution in [-0.2, 0) is 0 Å². The topological polar surface area (TPSA) is 8.17 Å². The average Bonchev–Trinajstić information content (AvgIpc) is 3.55. The van der Waals surface area contributed by atoms with Crippen LogP contribution in [0.1, 0.15) is 0 Å². The second-order valence-corrected chi connectivity index (χ2v) is 13.4. The molecule has 0 unspecified atom stereocenters. The lowest BCUT2D eigenvalue weighted by Gasteiger charge is -2.26. The summed E-state index contributed by atoms with van der Waals surface area (Å²) < 4.78 is 2.42. The number of fused-ring (bicyclic) bond motifs is 5. The number of para-hydroxylation sites is 2. The molecule has 0 saturated heterocycles. The summed E-state index contributed by atoms with van der Waals surface area (Å²) in [5.74, 6) is 0. The highest BCUT2D eigenvalue weighted by atomic mass is 15.1. The molecule has 244 valence electrons.